The molecule has 23 heavy (non-hydrogen) atoms. The zero-order valence-corrected chi connectivity index (χ0v) is 12.4. The SMILES string of the molecule is N#Cc1c(F)cc(-c2cccc3c2OCCO3)c2c1OCCC2. The van der Waals surface area contributed by atoms with Gasteiger partial charge < -0.3 is 14.2 Å². The van der Waals surface area contributed by atoms with E-state index in [1.165, 1.54) is 6.07 Å². The number of halogens is 1. The molecule has 2 heterocycles. The van der Waals surface area contributed by atoms with Crippen molar-refractivity contribution in [1.29, 1.82) is 5.26 Å². The van der Waals surface area contributed by atoms with Gasteiger partial charge in [0, 0.05) is 11.1 Å². The van der Waals surface area contributed by atoms with Crippen LogP contribution in [0.3, 0.4) is 0 Å². The molecule has 116 valence electrons. The molecule has 0 atom stereocenters. The van der Waals surface area contributed by atoms with Crippen molar-refractivity contribution in [3.05, 3.63) is 41.2 Å². The molecular weight excluding hydrogens is 297 g/mol. The monoisotopic (exact) mass is 311 g/mol. The Hall–Kier alpha value is -2.74. The van der Waals surface area contributed by atoms with Gasteiger partial charge in [0.2, 0.25) is 0 Å². The van der Waals surface area contributed by atoms with Crippen LogP contribution in [0.2, 0.25) is 0 Å². The van der Waals surface area contributed by atoms with E-state index in [1.54, 1.807) is 0 Å². The van der Waals surface area contributed by atoms with Crippen molar-refractivity contribution in [2.45, 2.75) is 12.8 Å². The van der Waals surface area contributed by atoms with Gasteiger partial charge >= 0.3 is 0 Å². The van der Waals surface area contributed by atoms with E-state index in [1.807, 2.05) is 24.3 Å². The quantitative estimate of drug-likeness (QED) is 0.809. The lowest BCUT2D eigenvalue weighted by atomic mass is 9.91. The zero-order chi connectivity index (χ0) is 15.8. The first-order valence-corrected chi connectivity index (χ1v) is 7.57. The summed E-state index contributed by atoms with van der Waals surface area (Å²) in [5.74, 6) is 1.07. The van der Waals surface area contributed by atoms with Crippen LogP contribution in [0.4, 0.5) is 4.39 Å². The second-order valence-corrected chi connectivity index (χ2v) is 5.48. The van der Waals surface area contributed by atoms with E-state index in [0.717, 1.165) is 24.0 Å². The van der Waals surface area contributed by atoms with Gasteiger partial charge in [-0.05, 0) is 30.5 Å². The molecule has 0 fully saturated rings. The normalized spacial score (nSPS) is 15.3. The minimum atomic E-state index is -0.572. The summed E-state index contributed by atoms with van der Waals surface area (Å²) in [4.78, 5) is 0. The Labute approximate surface area is 133 Å². The second-order valence-electron chi connectivity index (χ2n) is 5.48. The lowest BCUT2D eigenvalue weighted by molar-refractivity contribution is 0.172. The fourth-order valence-electron chi connectivity index (χ4n) is 3.13. The Kier molecular flexibility index (Phi) is 3.30. The Morgan fingerprint density at radius 2 is 1.83 bits per heavy atom. The van der Waals surface area contributed by atoms with Crippen LogP contribution < -0.4 is 14.2 Å². The molecule has 0 aromatic heterocycles. The predicted octanol–water partition coefficient (Wildman–Crippen LogP) is 3.46. The third-order valence-electron chi connectivity index (χ3n) is 4.12. The molecule has 2 aromatic carbocycles. The first-order valence-electron chi connectivity index (χ1n) is 7.57. The molecule has 2 aromatic rings. The maximum absolute atomic E-state index is 14.4. The summed E-state index contributed by atoms with van der Waals surface area (Å²) in [7, 11) is 0. The predicted molar refractivity (Wildman–Crippen MR) is 81.4 cm³/mol. The highest BCUT2D eigenvalue weighted by molar-refractivity contribution is 5.79. The van der Waals surface area contributed by atoms with Crippen LogP contribution >= 0.6 is 0 Å². The number of hydrogen-bond acceptors (Lipinski definition) is 4. The van der Waals surface area contributed by atoms with E-state index in [0.29, 0.717) is 42.6 Å². The molecule has 2 aliphatic heterocycles. The molecule has 0 saturated carbocycles. The highest BCUT2D eigenvalue weighted by atomic mass is 19.1. The third kappa shape index (κ3) is 2.18. The smallest absolute Gasteiger partial charge is 0.169 e. The van der Waals surface area contributed by atoms with Crippen LogP contribution in [0, 0.1) is 17.1 Å². The van der Waals surface area contributed by atoms with E-state index in [4.69, 9.17) is 14.2 Å². The first kappa shape index (κ1) is 13.9. The molecule has 5 heteroatoms. The molecule has 0 saturated heterocycles. The summed E-state index contributed by atoms with van der Waals surface area (Å²) in [5.41, 5.74) is 2.31. The van der Waals surface area contributed by atoms with Gasteiger partial charge in [-0.25, -0.2) is 4.39 Å². The van der Waals surface area contributed by atoms with E-state index < -0.39 is 5.82 Å². The number of rotatable bonds is 1. The van der Waals surface area contributed by atoms with E-state index in [9.17, 15) is 9.65 Å². The molecule has 2 aliphatic rings. The number of ether oxygens (including phenoxy) is 3. The third-order valence-corrected chi connectivity index (χ3v) is 4.12. The lowest BCUT2D eigenvalue weighted by Gasteiger charge is -2.25. The van der Waals surface area contributed by atoms with Gasteiger partial charge in [-0.2, -0.15) is 5.26 Å². The topological polar surface area (TPSA) is 51.5 Å². The van der Waals surface area contributed by atoms with Crippen LogP contribution in [0.25, 0.3) is 11.1 Å². The Balaban J connectivity index is 1.97. The lowest BCUT2D eigenvalue weighted by Crippen LogP contribution is -2.16. The fraction of sp³-hybridized carbons (Fsp3) is 0.278. The second kappa shape index (κ2) is 5.47. The molecule has 0 amide bonds. The van der Waals surface area contributed by atoms with Crippen LogP contribution in [-0.4, -0.2) is 19.8 Å². The van der Waals surface area contributed by atoms with Crippen LogP contribution in [0.15, 0.2) is 24.3 Å². The number of benzene rings is 2. The average Bonchev–Trinajstić information content (AvgIpc) is 2.61. The maximum atomic E-state index is 14.4. The first-order chi connectivity index (χ1) is 11.3. The Morgan fingerprint density at radius 3 is 2.70 bits per heavy atom. The van der Waals surface area contributed by atoms with E-state index in [-0.39, 0.29) is 5.56 Å². The Bertz CT molecular complexity index is 826. The van der Waals surface area contributed by atoms with Gasteiger partial charge in [-0.15, -0.1) is 0 Å². The van der Waals surface area contributed by atoms with Crippen molar-refractivity contribution in [1.82, 2.24) is 0 Å². The molecular formula is C18H14FNO3. The summed E-state index contributed by atoms with van der Waals surface area (Å²) >= 11 is 0. The minimum Gasteiger partial charge on any atom is -0.492 e. The van der Waals surface area contributed by atoms with Gasteiger partial charge in [-0.3, -0.25) is 0 Å². The number of nitrogens with zero attached hydrogens (tertiary/aromatic N) is 1. The van der Waals surface area contributed by atoms with Crippen molar-refractivity contribution in [3.8, 4) is 34.4 Å². The molecule has 0 aliphatic carbocycles. The fourth-order valence-corrected chi connectivity index (χ4v) is 3.13. The van der Waals surface area contributed by atoms with Crippen LogP contribution in [-0.2, 0) is 6.42 Å². The number of fused-ring (bicyclic) bond motifs is 2. The minimum absolute atomic E-state index is 0.0228. The number of nitriles is 1. The van der Waals surface area contributed by atoms with E-state index in [2.05, 4.69) is 0 Å². The molecule has 0 unspecified atom stereocenters. The molecule has 0 N–H and O–H groups in total. The number of hydrogen-bond donors (Lipinski definition) is 0. The van der Waals surface area contributed by atoms with E-state index >= 15 is 0 Å². The van der Waals surface area contributed by atoms with Gasteiger partial charge in [0.1, 0.15) is 36.4 Å². The molecule has 0 spiro atoms. The van der Waals surface area contributed by atoms with Crippen molar-refractivity contribution in [2.24, 2.45) is 0 Å². The molecule has 0 bridgehead atoms. The van der Waals surface area contributed by atoms with Crippen LogP contribution in [0.1, 0.15) is 17.5 Å². The summed E-state index contributed by atoms with van der Waals surface area (Å²) in [6.07, 6.45) is 1.58. The standard InChI is InChI=1S/C18H14FNO3/c19-15-9-13(11-4-2-6-22-17(11)14(15)10-20)12-3-1-5-16-18(12)23-8-7-21-16/h1,3,5,9H,2,4,6-8H2. The highest BCUT2D eigenvalue weighted by Crippen LogP contribution is 2.45. The summed E-state index contributed by atoms with van der Waals surface area (Å²) < 4.78 is 31.3. The highest BCUT2D eigenvalue weighted by Gasteiger charge is 2.26. The summed E-state index contributed by atoms with van der Waals surface area (Å²) in [5, 5.41) is 9.21. The largest absolute Gasteiger partial charge is 0.492 e. The zero-order valence-electron chi connectivity index (χ0n) is 12.4. The number of para-hydroxylation sites is 1. The van der Waals surface area contributed by atoms with Crippen molar-refractivity contribution < 1.29 is 18.6 Å². The molecule has 4 nitrogen and oxygen atoms in total. The van der Waals surface area contributed by atoms with Gasteiger partial charge in [0.05, 0.1) is 6.61 Å². The van der Waals surface area contributed by atoms with Gasteiger partial charge in [-0.1, -0.05) is 12.1 Å². The molecule has 4 rings (SSSR count). The summed E-state index contributed by atoms with van der Waals surface area (Å²) in [6, 6.07) is 8.88. The van der Waals surface area contributed by atoms with Crippen molar-refractivity contribution in [2.75, 3.05) is 19.8 Å². The van der Waals surface area contributed by atoms with Crippen molar-refractivity contribution in [3.63, 3.8) is 0 Å². The van der Waals surface area contributed by atoms with Crippen molar-refractivity contribution >= 4 is 0 Å². The summed E-state index contributed by atoms with van der Waals surface area (Å²) in [6.45, 7) is 1.46. The van der Waals surface area contributed by atoms with Gasteiger partial charge in [0.25, 0.3) is 0 Å². The maximum Gasteiger partial charge on any atom is 0.169 e. The average molecular weight is 311 g/mol. The molecule has 0 radical (unpaired) electrons. The Morgan fingerprint density at radius 1 is 1.00 bits per heavy atom. The van der Waals surface area contributed by atoms with Gasteiger partial charge in [0.15, 0.2) is 11.5 Å². The van der Waals surface area contributed by atoms with Crippen LogP contribution in [0.5, 0.6) is 17.2 Å².